The first-order chi connectivity index (χ1) is 6.86. The second-order valence-electron chi connectivity index (χ2n) is 3.92. The van der Waals surface area contributed by atoms with E-state index in [2.05, 4.69) is 29.8 Å². The fourth-order valence-electron chi connectivity index (χ4n) is 1.56. The second-order valence-corrected chi connectivity index (χ2v) is 3.92. The van der Waals surface area contributed by atoms with Crippen LogP contribution in [0, 0.1) is 0 Å². The van der Waals surface area contributed by atoms with Crippen molar-refractivity contribution in [1.29, 1.82) is 0 Å². The van der Waals surface area contributed by atoms with Crippen molar-refractivity contribution in [3.63, 3.8) is 0 Å². The van der Waals surface area contributed by atoms with Gasteiger partial charge in [0.2, 0.25) is 0 Å². The molecular formula is C12H22N2. The van der Waals surface area contributed by atoms with Gasteiger partial charge in [-0.05, 0) is 24.8 Å². The molecule has 1 rings (SSSR count). The summed E-state index contributed by atoms with van der Waals surface area (Å²) in [5.41, 5.74) is 1.40. The van der Waals surface area contributed by atoms with Gasteiger partial charge in [-0.15, -0.1) is 0 Å². The lowest BCUT2D eigenvalue weighted by Gasteiger charge is -1.97. The fraction of sp³-hybridized carbons (Fsp3) is 0.750. The number of nitrogens with zero attached hydrogens (tertiary/aromatic N) is 2. The van der Waals surface area contributed by atoms with Crippen molar-refractivity contribution in [1.82, 2.24) is 9.78 Å². The van der Waals surface area contributed by atoms with Gasteiger partial charge in [-0.1, -0.05) is 33.1 Å². The number of aryl methyl sites for hydroxylation is 2. The topological polar surface area (TPSA) is 17.8 Å². The summed E-state index contributed by atoms with van der Waals surface area (Å²) >= 11 is 0. The van der Waals surface area contributed by atoms with Crippen LogP contribution >= 0.6 is 0 Å². The average molecular weight is 194 g/mol. The molecule has 0 fully saturated rings. The van der Waals surface area contributed by atoms with E-state index >= 15 is 0 Å². The van der Waals surface area contributed by atoms with Gasteiger partial charge in [0.1, 0.15) is 0 Å². The molecule has 2 heteroatoms. The molecule has 0 bridgehead atoms. The van der Waals surface area contributed by atoms with Gasteiger partial charge in [0.15, 0.2) is 0 Å². The Morgan fingerprint density at radius 2 is 1.93 bits per heavy atom. The molecule has 1 heterocycles. The van der Waals surface area contributed by atoms with Crippen LogP contribution in [0.3, 0.4) is 0 Å². The van der Waals surface area contributed by atoms with E-state index in [1.807, 2.05) is 6.20 Å². The van der Waals surface area contributed by atoms with E-state index in [9.17, 15) is 0 Å². The first-order valence-corrected chi connectivity index (χ1v) is 5.88. The molecule has 0 N–H and O–H groups in total. The zero-order chi connectivity index (χ0) is 10.2. The normalized spacial score (nSPS) is 10.7. The number of unbranched alkanes of at least 4 members (excludes halogenated alkanes) is 3. The quantitative estimate of drug-likeness (QED) is 0.608. The molecule has 0 aliphatic rings. The lowest BCUT2D eigenvalue weighted by Crippen LogP contribution is -1.97. The third-order valence-corrected chi connectivity index (χ3v) is 2.50. The fourth-order valence-corrected chi connectivity index (χ4v) is 1.56. The van der Waals surface area contributed by atoms with Crippen molar-refractivity contribution in [3.05, 3.63) is 18.0 Å². The van der Waals surface area contributed by atoms with Crippen LogP contribution in [-0.2, 0) is 13.0 Å². The Bertz CT molecular complexity index is 240. The molecular weight excluding hydrogens is 172 g/mol. The molecule has 0 unspecified atom stereocenters. The SMILES string of the molecule is CCCCCc1cnn(CCCC)c1. The number of hydrogen-bond acceptors (Lipinski definition) is 1. The third kappa shape index (κ3) is 3.95. The van der Waals surface area contributed by atoms with E-state index in [4.69, 9.17) is 0 Å². The number of hydrogen-bond donors (Lipinski definition) is 0. The molecule has 14 heavy (non-hydrogen) atoms. The minimum Gasteiger partial charge on any atom is -0.272 e. The molecule has 0 aliphatic carbocycles. The summed E-state index contributed by atoms with van der Waals surface area (Å²) in [7, 11) is 0. The molecule has 0 aliphatic heterocycles. The third-order valence-electron chi connectivity index (χ3n) is 2.50. The van der Waals surface area contributed by atoms with Crippen LogP contribution < -0.4 is 0 Å². The molecule has 0 atom stereocenters. The Kier molecular flexibility index (Phi) is 5.35. The predicted molar refractivity (Wildman–Crippen MR) is 60.4 cm³/mol. The van der Waals surface area contributed by atoms with Crippen LogP contribution in [-0.4, -0.2) is 9.78 Å². The predicted octanol–water partition coefficient (Wildman–Crippen LogP) is 3.42. The molecule has 0 radical (unpaired) electrons. The van der Waals surface area contributed by atoms with Crippen LogP contribution in [0.2, 0.25) is 0 Å². The maximum absolute atomic E-state index is 4.35. The lowest BCUT2D eigenvalue weighted by atomic mass is 10.1. The highest BCUT2D eigenvalue weighted by molar-refractivity contribution is 5.03. The summed E-state index contributed by atoms with van der Waals surface area (Å²) in [5.74, 6) is 0. The van der Waals surface area contributed by atoms with Crippen molar-refractivity contribution < 1.29 is 0 Å². The van der Waals surface area contributed by atoms with Crippen LogP contribution in [0.25, 0.3) is 0 Å². The van der Waals surface area contributed by atoms with Gasteiger partial charge >= 0.3 is 0 Å². The summed E-state index contributed by atoms with van der Waals surface area (Å²) in [4.78, 5) is 0. The Morgan fingerprint density at radius 3 is 2.64 bits per heavy atom. The van der Waals surface area contributed by atoms with E-state index < -0.39 is 0 Å². The monoisotopic (exact) mass is 194 g/mol. The summed E-state index contributed by atoms with van der Waals surface area (Å²) in [6.07, 6.45) is 11.8. The first-order valence-electron chi connectivity index (χ1n) is 5.88. The van der Waals surface area contributed by atoms with Gasteiger partial charge in [0, 0.05) is 12.7 Å². The lowest BCUT2D eigenvalue weighted by molar-refractivity contribution is 0.571. The minimum absolute atomic E-state index is 1.07. The van der Waals surface area contributed by atoms with E-state index in [-0.39, 0.29) is 0 Å². The molecule has 1 aromatic heterocycles. The van der Waals surface area contributed by atoms with E-state index in [1.54, 1.807) is 0 Å². The highest BCUT2D eigenvalue weighted by Gasteiger charge is 1.97. The standard InChI is InChI=1S/C12H22N2/c1-3-5-7-8-12-10-13-14(11-12)9-6-4-2/h10-11H,3-9H2,1-2H3. The van der Waals surface area contributed by atoms with Crippen molar-refractivity contribution in [3.8, 4) is 0 Å². The molecule has 0 spiro atoms. The van der Waals surface area contributed by atoms with Gasteiger partial charge in [-0.2, -0.15) is 5.10 Å². The van der Waals surface area contributed by atoms with Crippen molar-refractivity contribution in [2.24, 2.45) is 0 Å². The smallest absolute Gasteiger partial charge is 0.0521 e. The maximum atomic E-state index is 4.35. The number of aromatic nitrogens is 2. The molecule has 0 aromatic carbocycles. The molecule has 0 saturated heterocycles. The average Bonchev–Trinajstić information content (AvgIpc) is 2.63. The summed E-state index contributed by atoms with van der Waals surface area (Å²) in [6.45, 7) is 5.53. The zero-order valence-electron chi connectivity index (χ0n) is 9.50. The van der Waals surface area contributed by atoms with Crippen molar-refractivity contribution >= 4 is 0 Å². The highest BCUT2D eigenvalue weighted by Crippen LogP contribution is 2.06. The summed E-state index contributed by atoms with van der Waals surface area (Å²) in [6, 6.07) is 0. The van der Waals surface area contributed by atoms with E-state index in [0.717, 1.165) is 6.54 Å². The van der Waals surface area contributed by atoms with Gasteiger partial charge in [0.05, 0.1) is 6.20 Å². The van der Waals surface area contributed by atoms with Crippen LogP contribution in [0.4, 0.5) is 0 Å². The molecule has 1 aromatic rings. The highest BCUT2D eigenvalue weighted by atomic mass is 15.3. The van der Waals surface area contributed by atoms with Crippen molar-refractivity contribution in [2.45, 2.75) is 58.9 Å². The van der Waals surface area contributed by atoms with Crippen LogP contribution in [0.5, 0.6) is 0 Å². The Labute approximate surface area is 87.3 Å². The van der Waals surface area contributed by atoms with Gasteiger partial charge in [0.25, 0.3) is 0 Å². The van der Waals surface area contributed by atoms with Crippen molar-refractivity contribution in [2.75, 3.05) is 0 Å². The van der Waals surface area contributed by atoms with Gasteiger partial charge < -0.3 is 0 Å². The Morgan fingerprint density at radius 1 is 1.14 bits per heavy atom. The Balaban J connectivity index is 2.27. The van der Waals surface area contributed by atoms with Gasteiger partial charge in [-0.25, -0.2) is 0 Å². The maximum Gasteiger partial charge on any atom is 0.0521 e. The summed E-state index contributed by atoms with van der Waals surface area (Å²) in [5, 5.41) is 4.35. The largest absolute Gasteiger partial charge is 0.272 e. The first kappa shape index (κ1) is 11.3. The van der Waals surface area contributed by atoms with E-state index in [1.165, 1.54) is 44.1 Å². The van der Waals surface area contributed by atoms with Crippen LogP contribution in [0.1, 0.15) is 51.5 Å². The summed E-state index contributed by atoms with van der Waals surface area (Å²) < 4.78 is 2.07. The van der Waals surface area contributed by atoms with Gasteiger partial charge in [-0.3, -0.25) is 4.68 Å². The molecule has 80 valence electrons. The number of rotatable bonds is 7. The van der Waals surface area contributed by atoms with Crippen LogP contribution in [0.15, 0.2) is 12.4 Å². The minimum atomic E-state index is 1.07. The zero-order valence-corrected chi connectivity index (χ0v) is 9.50. The Hall–Kier alpha value is -0.790. The van der Waals surface area contributed by atoms with E-state index in [0.29, 0.717) is 0 Å². The molecule has 0 saturated carbocycles. The molecule has 2 nitrogen and oxygen atoms in total. The molecule has 0 amide bonds. The second kappa shape index (κ2) is 6.63.